The molecule has 0 saturated carbocycles. The van der Waals surface area contributed by atoms with Crippen LogP contribution in [0.5, 0.6) is 5.75 Å². The summed E-state index contributed by atoms with van der Waals surface area (Å²) in [7, 11) is 1.69. The minimum Gasteiger partial charge on any atom is -0.496 e. The molecule has 0 saturated heterocycles. The van der Waals surface area contributed by atoms with Gasteiger partial charge in [-0.3, -0.25) is 0 Å². The Morgan fingerprint density at radius 3 is 2.33 bits per heavy atom. The maximum Gasteiger partial charge on any atom is 0.127 e. The van der Waals surface area contributed by atoms with Crippen molar-refractivity contribution in [2.24, 2.45) is 0 Å². The molecule has 0 aliphatic rings. The van der Waals surface area contributed by atoms with Gasteiger partial charge >= 0.3 is 0 Å². The summed E-state index contributed by atoms with van der Waals surface area (Å²) in [6.07, 6.45) is 6.96. The van der Waals surface area contributed by atoms with Crippen LogP contribution in [0.4, 0.5) is 0 Å². The third-order valence-corrected chi connectivity index (χ3v) is 6.00. The molecular formula is C31H39NO. The predicted molar refractivity (Wildman–Crippen MR) is 146 cm³/mol. The minimum atomic E-state index is 0.324. The molecule has 0 fully saturated rings. The molecule has 0 radical (unpaired) electrons. The van der Waals surface area contributed by atoms with E-state index in [-0.39, 0.29) is 0 Å². The van der Waals surface area contributed by atoms with Crippen molar-refractivity contribution in [1.29, 1.82) is 0 Å². The van der Waals surface area contributed by atoms with Crippen molar-refractivity contribution in [2.45, 2.75) is 46.1 Å². The normalized spacial score (nSPS) is 11.8. The lowest BCUT2D eigenvalue weighted by Gasteiger charge is -2.34. The van der Waals surface area contributed by atoms with Crippen LogP contribution in [0.2, 0.25) is 0 Å². The summed E-state index contributed by atoms with van der Waals surface area (Å²) in [6.45, 7) is 24.6. The lowest BCUT2D eigenvalue weighted by molar-refractivity contribution is 0.268. The predicted octanol–water partition coefficient (Wildman–Crippen LogP) is 8.41. The Kier molecular flexibility index (Phi) is 10.00. The summed E-state index contributed by atoms with van der Waals surface area (Å²) in [4.78, 5) is 2.37. The van der Waals surface area contributed by atoms with Crippen molar-refractivity contribution in [3.63, 3.8) is 0 Å². The number of methoxy groups -OCH3 is 1. The van der Waals surface area contributed by atoms with E-state index in [1.54, 1.807) is 7.11 Å². The molecule has 1 unspecified atom stereocenters. The van der Waals surface area contributed by atoms with Crippen LogP contribution < -0.4 is 4.74 Å². The van der Waals surface area contributed by atoms with Gasteiger partial charge in [0.2, 0.25) is 0 Å². The fourth-order valence-corrected chi connectivity index (χ4v) is 3.99. The molecule has 2 aromatic rings. The maximum atomic E-state index is 5.66. The van der Waals surface area contributed by atoms with Gasteiger partial charge in [0, 0.05) is 23.8 Å². The molecule has 0 aliphatic heterocycles. The van der Waals surface area contributed by atoms with Crippen molar-refractivity contribution < 1.29 is 4.74 Å². The van der Waals surface area contributed by atoms with E-state index in [2.05, 4.69) is 75.4 Å². The van der Waals surface area contributed by atoms with Gasteiger partial charge < -0.3 is 9.64 Å². The average Bonchev–Trinajstić information content (AvgIpc) is 2.84. The van der Waals surface area contributed by atoms with Crippen molar-refractivity contribution in [1.82, 2.24) is 4.90 Å². The van der Waals surface area contributed by atoms with Crippen molar-refractivity contribution in [2.75, 3.05) is 13.7 Å². The van der Waals surface area contributed by atoms with Gasteiger partial charge in [0.15, 0.2) is 0 Å². The van der Waals surface area contributed by atoms with E-state index in [9.17, 15) is 0 Å². The molecule has 0 bridgehead atoms. The number of nitrogens with zero attached hydrogens (tertiary/aromatic N) is 1. The summed E-state index contributed by atoms with van der Waals surface area (Å²) in [5.41, 5.74) is 7.17. The summed E-state index contributed by atoms with van der Waals surface area (Å²) >= 11 is 0. The van der Waals surface area contributed by atoms with Crippen LogP contribution >= 0.6 is 0 Å². The van der Waals surface area contributed by atoms with Crippen LogP contribution in [0.15, 0.2) is 92.7 Å². The number of benzene rings is 2. The van der Waals surface area contributed by atoms with E-state index in [0.29, 0.717) is 6.04 Å². The zero-order valence-electron chi connectivity index (χ0n) is 20.9. The van der Waals surface area contributed by atoms with Crippen LogP contribution in [0.3, 0.4) is 0 Å². The zero-order valence-corrected chi connectivity index (χ0v) is 20.9. The van der Waals surface area contributed by atoms with Crippen molar-refractivity contribution in [3.05, 3.63) is 109 Å². The molecule has 0 spiro atoms. The summed E-state index contributed by atoms with van der Waals surface area (Å²) < 4.78 is 5.66. The Morgan fingerprint density at radius 1 is 1.03 bits per heavy atom. The highest BCUT2D eigenvalue weighted by molar-refractivity contribution is 5.81. The SMILES string of the molecule is C=C(CCC(C)N(CCC)C(=C)C(=C)c1ccc(C(=C)/C=C\C)c(OC)c1)c1ccccc1. The molecule has 0 aromatic heterocycles. The summed E-state index contributed by atoms with van der Waals surface area (Å²) in [5, 5.41) is 0. The number of ether oxygens (including phenoxy) is 1. The molecule has 0 N–H and O–H groups in total. The standard InChI is InChI=1S/C31H39NO/c1-9-14-24(4)30-20-19-29(22-31(30)33-8)26(6)27(7)32(21-10-2)25(5)18-17-23(3)28-15-12-11-13-16-28/h9,11-16,19-20,22,25H,3-4,6-7,10,17-18,21H2,1-2,5,8H3/b14-9-. The van der Waals surface area contributed by atoms with Gasteiger partial charge in [-0.2, -0.15) is 0 Å². The minimum absolute atomic E-state index is 0.324. The first kappa shape index (κ1) is 26.0. The fraction of sp³-hybridized carbons (Fsp3) is 0.290. The Bertz CT molecular complexity index is 1010. The molecule has 1 atom stereocenters. The van der Waals surface area contributed by atoms with Crippen molar-refractivity contribution in [3.8, 4) is 5.75 Å². The van der Waals surface area contributed by atoms with E-state index >= 15 is 0 Å². The molecule has 2 aromatic carbocycles. The second kappa shape index (κ2) is 12.7. The maximum absolute atomic E-state index is 5.66. The molecule has 33 heavy (non-hydrogen) atoms. The molecule has 174 valence electrons. The Morgan fingerprint density at radius 2 is 1.73 bits per heavy atom. The topological polar surface area (TPSA) is 12.5 Å². The molecule has 2 heteroatoms. The van der Waals surface area contributed by atoms with E-state index in [1.807, 2.05) is 37.3 Å². The van der Waals surface area contributed by atoms with Gasteiger partial charge in [0.1, 0.15) is 5.75 Å². The number of allylic oxidation sites excluding steroid dienone is 5. The molecular weight excluding hydrogens is 402 g/mol. The van der Waals surface area contributed by atoms with E-state index in [0.717, 1.165) is 59.5 Å². The Hall–Kier alpha value is -3.26. The highest BCUT2D eigenvalue weighted by atomic mass is 16.5. The first-order valence-electron chi connectivity index (χ1n) is 11.7. The van der Waals surface area contributed by atoms with Gasteiger partial charge in [-0.25, -0.2) is 0 Å². The number of hydrogen-bond acceptors (Lipinski definition) is 2. The first-order valence-corrected chi connectivity index (χ1v) is 11.7. The van der Waals surface area contributed by atoms with E-state index in [1.165, 1.54) is 11.1 Å². The average molecular weight is 442 g/mol. The van der Waals surface area contributed by atoms with Crippen molar-refractivity contribution >= 4 is 16.7 Å². The number of hydrogen-bond donors (Lipinski definition) is 0. The van der Waals surface area contributed by atoms with Crippen LogP contribution in [-0.2, 0) is 0 Å². The van der Waals surface area contributed by atoms with E-state index < -0.39 is 0 Å². The van der Waals surface area contributed by atoms with E-state index in [4.69, 9.17) is 4.74 Å². The lowest BCUT2D eigenvalue weighted by Crippen LogP contribution is -2.33. The zero-order chi connectivity index (χ0) is 24.4. The van der Waals surface area contributed by atoms with Crippen LogP contribution in [0, 0.1) is 0 Å². The molecule has 0 aliphatic carbocycles. The third-order valence-electron chi connectivity index (χ3n) is 6.00. The Balaban J connectivity index is 2.16. The first-order chi connectivity index (χ1) is 15.8. The van der Waals surface area contributed by atoms with Gasteiger partial charge in [0.25, 0.3) is 0 Å². The van der Waals surface area contributed by atoms with Gasteiger partial charge in [-0.15, -0.1) is 0 Å². The van der Waals surface area contributed by atoms with Gasteiger partial charge in [-0.1, -0.05) is 87.9 Å². The second-order valence-corrected chi connectivity index (χ2v) is 8.42. The molecule has 0 heterocycles. The Labute approximate surface area is 201 Å². The molecule has 0 amide bonds. The highest BCUT2D eigenvalue weighted by Crippen LogP contribution is 2.33. The third kappa shape index (κ3) is 6.86. The van der Waals surface area contributed by atoms with Gasteiger partial charge in [-0.05, 0) is 67.0 Å². The summed E-state index contributed by atoms with van der Waals surface area (Å²) in [5.74, 6) is 0.791. The van der Waals surface area contributed by atoms with Crippen LogP contribution in [0.1, 0.15) is 56.7 Å². The van der Waals surface area contributed by atoms with Crippen LogP contribution in [0.25, 0.3) is 16.7 Å². The lowest BCUT2D eigenvalue weighted by atomic mass is 9.96. The fourth-order valence-electron chi connectivity index (χ4n) is 3.99. The highest BCUT2D eigenvalue weighted by Gasteiger charge is 2.19. The second-order valence-electron chi connectivity index (χ2n) is 8.42. The van der Waals surface area contributed by atoms with Gasteiger partial charge in [0.05, 0.1) is 7.11 Å². The number of rotatable bonds is 13. The monoisotopic (exact) mass is 441 g/mol. The molecule has 2 nitrogen and oxygen atoms in total. The quantitative estimate of drug-likeness (QED) is 0.289. The largest absolute Gasteiger partial charge is 0.496 e. The smallest absolute Gasteiger partial charge is 0.127 e. The van der Waals surface area contributed by atoms with Crippen LogP contribution in [-0.4, -0.2) is 24.6 Å². The summed E-state index contributed by atoms with van der Waals surface area (Å²) in [6, 6.07) is 16.9. The molecule has 2 rings (SSSR count).